The van der Waals surface area contributed by atoms with Crippen LogP contribution in [0.1, 0.15) is 11.1 Å². The molecule has 0 spiro atoms. The quantitative estimate of drug-likeness (QED) is 0.632. The first-order chi connectivity index (χ1) is 11.4. The molecule has 0 aliphatic heterocycles. The number of carbonyl (C=O) groups is 2. The monoisotopic (exact) mass is 330 g/mol. The molecule has 6 heteroatoms. The maximum absolute atomic E-state index is 10.4. The fourth-order valence-corrected chi connectivity index (χ4v) is 1.91. The first kappa shape index (κ1) is 19.3. The van der Waals surface area contributed by atoms with Gasteiger partial charge in [-0.05, 0) is 24.0 Å². The lowest BCUT2D eigenvalue weighted by Crippen LogP contribution is -2.32. The van der Waals surface area contributed by atoms with Gasteiger partial charge in [0.2, 0.25) is 0 Å². The van der Waals surface area contributed by atoms with Crippen LogP contribution in [0.2, 0.25) is 0 Å². The standard InChI is InChI=1S/2C9H11NO2/c2*10-8(9(11)12)6-7-4-2-1-3-5-7/h2*1-5,8H,6,10H2,(H,11,12)/t8-;/m1./s1. The van der Waals surface area contributed by atoms with E-state index in [9.17, 15) is 9.59 Å². The average molecular weight is 330 g/mol. The van der Waals surface area contributed by atoms with Crippen molar-refractivity contribution in [1.29, 1.82) is 0 Å². The van der Waals surface area contributed by atoms with Crippen LogP contribution in [0, 0.1) is 0 Å². The van der Waals surface area contributed by atoms with E-state index in [1.807, 2.05) is 60.7 Å². The molecular formula is C18H22N2O4. The first-order valence-electron chi connectivity index (χ1n) is 7.44. The summed E-state index contributed by atoms with van der Waals surface area (Å²) >= 11 is 0. The Balaban J connectivity index is 0.000000240. The van der Waals surface area contributed by atoms with E-state index in [-0.39, 0.29) is 0 Å². The molecule has 0 heterocycles. The van der Waals surface area contributed by atoms with Crippen molar-refractivity contribution in [2.45, 2.75) is 24.9 Å². The minimum absolute atomic E-state index is 0.385. The summed E-state index contributed by atoms with van der Waals surface area (Å²) in [6.07, 6.45) is 0.770. The van der Waals surface area contributed by atoms with Crippen LogP contribution in [-0.2, 0) is 22.4 Å². The molecule has 6 N–H and O–H groups in total. The molecule has 0 aliphatic rings. The molecule has 2 rings (SSSR count). The molecule has 0 aliphatic carbocycles. The van der Waals surface area contributed by atoms with E-state index in [2.05, 4.69) is 0 Å². The van der Waals surface area contributed by atoms with Crippen LogP contribution in [0.25, 0.3) is 0 Å². The van der Waals surface area contributed by atoms with E-state index in [1.54, 1.807) is 0 Å². The predicted octanol–water partition coefficient (Wildman–Crippen LogP) is 1.28. The summed E-state index contributed by atoms with van der Waals surface area (Å²) < 4.78 is 0. The summed E-state index contributed by atoms with van der Waals surface area (Å²) in [6, 6.07) is 17.1. The SMILES string of the molecule is NC(Cc1ccccc1)C(=O)O.N[C@H](Cc1ccccc1)C(=O)O. The topological polar surface area (TPSA) is 127 Å². The van der Waals surface area contributed by atoms with Gasteiger partial charge in [-0.2, -0.15) is 0 Å². The summed E-state index contributed by atoms with van der Waals surface area (Å²) in [4.78, 5) is 20.8. The molecule has 2 atom stereocenters. The van der Waals surface area contributed by atoms with Crippen LogP contribution >= 0.6 is 0 Å². The number of rotatable bonds is 6. The van der Waals surface area contributed by atoms with Gasteiger partial charge in [-0.3, -0.25) is 9.59 Å². The second-order valence-corrected chi connectivity index (χ2v) is 5.27. The minimum atomic E-state index is -0.959. The second kappa shape index (κ2) is 10.1. The lowest BCUT2D eigenvalue weighted by Gasteiger charge is -2.04. The Morgan fingerprint density at radius 2 is 1.00 bits per heavy atom. The number of carboxylic acid groups (broad SMARTS) is 2. The molecule has 0 radical (unpaired) electrons. The van der Waals surface area contributed by atoms with Crippen LogP contribution in [0.5, 0.6) is 0 Å². The van der Waals surface area contributed by atoms with Gasteiger partial charge in [-0.1, -0.05) is 60.7 Å². The van der Waals surface area contributed by atoms with Crippen molar-refractivity contribution in [3.8, 4) is 0 Å². The third kappa shape index (κ3) is 7.53. The Bertz CT molecular complexity index is 574. The molecule has 0 saturated carbocycles. The van der Waals surface area contributed by atoms with Gasteiger partial charge in [0.25, 0.3) is 0 Å². The zero-order valence-electron chi connectivity index (χ0n) is 13.2. The Labute approximate surface area is 140 Å². The van der Waals surface area contributed by atoms with Crippen molar-refractivity contribution in [3.05, 3.63) is 71.8 Å². The number of aliphatic carboxylic acids is 2. The van der Waals surface area contributed by atoms with Crippen LogP contribution in [0.4, 0.5) is 0 Å². The van der Waals surface area contributed by atoms with Crippen LogP contribution in [-0.4, -0.2) is 34.2 Å². The van der Waals surface area contributed by atoms with Gasteiger partial charge in [0, 0.05) is 0 Å². The Morgan fingerprint density at radius 3 is 1.25 bits per heavy atom. The fraction of sp³-hybridized carbons (Fsp3) is 0.222. The van der Waals surface area contributed by atoms with Crippen LogP contribution < -0.4 is 11.5 Å². The fourth-order valence-electron chi connectivity index (χ4n) is 1.91. The summed E-state index contributed by atoms with van der Waals surface area (Å²) in [5, 5.41) is 17.0. The third-order valence-electron chi connectivity index (χ3n) is 3.23. The van der Waals surface area contributed by atoms with Crippen molar-refractivity contribution in [1.82, 2.24) is 0 Å². The first-order valence-corrected chi connectivity index (χ1v) is 7.44. The Kier molecular flexibility index (Phi) is 8.18. The second-order valence-electron chi connectivity index (χ2n) is 5.27. The van der Waals surface area contributed by atoms with Crippen LogP contribution in [0.3, 0.4) is 0 Å². The van der Waals surface area contributed by atoms with Gasteiger partial charge in [0.15, 0.2) is 0 Å². The van der Waals surface area contributed by atoms with Crippen molar-refractivity contribution >= 4 is 11.9 Å². The number of benzene rings is 2. The van der Waals surface area contributed by atoms with Gasteiger partial charge in [0.1, 0.15) is 12.1 Å². The van der Waals surface area contributed by atoms with Crippen molar-refractivity contribution < 1.29 is 19.8 Å². The highest BCUT2D eigenvalue weighted by Gasteiger charge is 2.11. The van der Waals surface area contributed by atoms with E-state index in [0.29, 0.717) is 12.8 Å². The molecular weight excluding hydrogens is 308 g/mol. The molecule has 0 fully saturated rings. The highest BCUT2D eigenvalue weighted by Crippen LogP contribution is 2.02. The van der Waals surface area contributed by atoms with Crippen molar-refractivity contribution in [2.75, 3.05) is 0 Å². The number of nitrogens with two attached hydrogens (primary N) is 2. The predicted molar refractivity (Wildman–Crippen MR) is 91.5 cm³/mol. The van der Waals surface area contributed by atoms with E-state index < -0.39 is 24.0 Å². The lowest BCUT2D eigenvalue weighted by molar-refractivity contribution is -0.139. The Morgan fingerprint density at radius 1 is 0.708 bits per heavy atom. The Hall–Kier alpha value is -2.70. The van der Waals surface area contributed by atoms with Gasteiger partial charge < -0.3 is 21.7 Å². The summed E-state index contributed by atoms with van der Waals surface area (Å²) in [5.74, 6) is -1.92. The van der Waals surface area contributed by atoms with Crippen molar-refractivity contribution in [3.63, 3.8) is 0 Å². The molecule has 0 bridgehead atoms. The summed E-state index contributed by atoms with van der Waals surface area (Å²) in [6.45, 7) is 0. The molecule has 1 unspecified atom stereocenters. The molecule has 0 aromatic heterocycles. The smallest absolute Gasteiger partial charge is 0.320 e. The molecule has 6 nitrogen and oxygen atoms in total. The van der Waals surface area contributed by atoms with E-state index in [1.165, 1.54) is 0 Å². The van der Waals surface area contributed by atoms with Gasteiger partial charge in [-0.25, -0.2) is 0 Å². The zero-order chi connectivity index (χ0) is 17.9. The van der Waals surface area contributed by atoms with Gasteiger partial charge in [0.05, 0.1) is 0 Å². The highest BCUT2D eigenvalue weighted by molar-refractivity contribution is 5.73. The molecule has 0 amide bonds. The lowest BCUT2D eigenvalue weighted by atomic mass is 10.1. The van der Waals surface area contributed by atoms with E-state index >= 15 is 0 Å². The number of carboxylic acids is 2. The highest BCUT2D eigenvalue weighted by atomic mass is 16.4. The van der Waals surface area contributed by atoms with Gasteiger partial charge in [-0.15, -0.1) is 0 Å². The average Bonchev–Trinajstić information content (AvgIpc) is 2.57. The number of hydrogen-bond acceptors (Lipinski definition) is 4. The maximum Gasteiger partial charge on any atom is 0.320 e. The zero-order valence-corrected chi connectivity index (χ0v) is 13.2. The van der Waals surface area contributed by atoms with Crippen molar-refractivity contribution in [2.24, 2.45) is 11.5 Å². The van der Waals surface area contributed by atoms with E-state index in [4.69, 9.17) is 21.7 Å². The normalized spacial score (nSPS) is 12.4. The minimum Gasteiger partial charge on any atom is -0.480 e. The van der Waals surface area contributed by atoms with E-state index in [0.717, 1.165) is 11.1 Å². The molecule has 0 saturated heterocycles. The molecule has 2 aromatic rings. The third-order valence-corrected chi connectivity index (χ3v) is 3.23. The number of hydrogen-bond donors (Lipinski definition) is 4. The molecule has 24 heavy (non-hydrogen) atoms. The largest absolute Gasteiger partial charge is 0.480 e. The maximum atomic E-state index is 10.4. The summed E-state index contributed by atoms with van der Waals surface area (Å²) in [5.41, 5.74) is 12.6. The summed E-state index contributed by atoms with van der Waals surface area (Å²) in [7, 11) is 0. The van der Waals surface area contributed by atoms with Crippen LogP contribution in [0.15, 0.2) is 60.7 Å². The van der Waals surface area contributed by atoms with Gasteiger partial charge >= 0.3 is 11.9 Å². The molecule has 2 aromatic carbocycles. The molecule has 128 valence electrons.